The summed E-state index contributed by atoms with van der Waals surface area (Å²) in [5.41, 5.74) is -0.222. The van der Waals surface area contributed by atoms with Gasteiger partial charge in [-0.2, -0.15) is 18.2 Å². The molecule has 144 valence electrons. The molecule has 1 N–H and O–H groups in total. The molecular weight excluding hydrogens is 371 g/mol. The summed E-state index contributed by atoms with van der Waals surface area (Å²) in [5, 5.41) is 7.02. The molecule has 2 aromatic heterocycles. The van der Waals surface area contributed by atoms with Crippen molar-refractivity contribution in [1.82, 2.24) is 25.4 Å². The van der Waals surface area contributed by atoms with E-state index in [1.807, 2.05) is 14.0 Å². The highest BCUT2D eigenvalue weighted by Crippen LogP contribution is 2.38. The number of alkyl halides is 3. The van der Waals surface area contributed by atoms with E-state index >= 15 is 0 Å². The van der Waals surface area contributed by atoms with Gasteiger partial charge in [-0.15, -0.1) is 12.4 Å². The monoisotopic (exact) mass is 391 g/mol. The van der Waals surface area contributed by atoms with Crippen LogP contribution in [-0.2, 0) is 25.4 Å². The van der Waals surface area contributed by atoms with Crippen molar-refractivity contribution < 1.29 is 17.7 Å². The third-order valence-corrected chi connectivity index (χ3v) is 4.47. The van der Waals surface area contributed by atoms with Crippen molar-refractivity contribution in [2.24, 2.45) is 0 Å². The Labute approximate surface area is 155 Å². The molecule has 6 nitrogen and oxygen atoms in total. The minimum absolute atomic E-state index is 0. The van der Waals surface area contributed by atoms with Crippen LogP contribution in [0, 0.1) is 6.92 Å². The van der Waals surface area contributed by atoms with Crippen LogP contribution in [0.1, 0.15) is 53.8 Å². The van der Waals surface area contributed by atoms with E-state index in [-0.39, 0.29) is 42.2 Å². The highest BCUT2D eigenvalue weighted by molar-refractivity contribution is 5.85. The summed E-state index contributed by atoms with van der Waals surface area (Å²) in [7, 11) is 1.84. The van der Waals surface area contributed by atoms with E-state index in [2.05, 4.69) is 25.4 Å². The highest BCUT2D eigenvalue weighted by atomic mass is 35.5. The van der Waals surface area contributed by atoms with Gasteiger partial charge in [-0.3, -0.25) is 0 Å². The summed E-state index contributed by atoms with van der Waals surface area (Å²) < 4.78 is 45.3. The minimum Gasteiger partial charge on any atom is -0.339 e. The van der Waals surface area contributed by atoms with Crippen LogP contribution in [0.4, 0.5) is 13.2 Å². The lowest BCUT2D eigenvalue weighted by atomic mass is 9.85. The lowest BCUT2D eigenvalue weighted by molar-refractivity contribution is -0.142. The fourth-order valence-corrected chi connectivity index (χ4v) is 3.07. The molecule has 10 heteroatoms. The number of aromatic nitrogens is 4. The number of nitrogens with zero attached hydrogens (tertiary/aromatic N) is 4. The van der Waals surface area contributed by atoms with Crippen molar-refractivity contribution in [3.63, 3.8) is 0 Å². The van der Waals surface area contributed by atoms with Gasteiger partial charge in [0.05, 0.1) is 0 Å². The van der Waals surface area contributed by atoms with E-state index in [0.717, 1.165) is 0 Å². The average Bonchev–Trinajstić information content (AvgIpc) is 3.01. The second-order valence-electron chi connectivity index (χ2n) is 6.42. The first-order valence-electron chi connectivity index (χ1n) is 8.21. The predicted octanol–water partition coefficient (Wildman–Crippen LogP) is 3.03. The SMILES string of the molecule is CNC(C)Cc1noc(C2CCc3nc(C)nc(C(F)(F)F)c3C2)n1.Cl. The highest BCUT2D eigenvalue weighted by Gasteiger charge is 2.39. The summed E-state index contributed by atoms with van der Waals surface area (Å²) in [6.45, 7) is 3.47. The number of fused-ring (bicyclic) bond motifs is 1. The molecule has 1 aliphatic rings. The molecule has 2 heterocycles. The maximum atomic E-state index is 13.3. The Morgan fingerprint density at radius 2 is 2.00 bits per heavy atom. The lowest BCUT2D eigenvalue weighted by Crippen LogP contribution is -2.24. The quantitative estimate of drug-likeness (QED) is 0.863. The molecule has 0 radical (unpaired) electrons. The molecule has 0 spiro atoms. The summed E-state index contributed by atoms with van der Waals surface area (Å²) in [5.74, 6) is 0.841. The Morgan fingerprint density at radius 3 is 2.65 bits per heavy atom. The summed E-state index contributed by atoms with van der Waals surface area (Å²) in [6, 6.07) is 0.186. The zero-order chi connectivity index (χ0) is 18.2. The zero-order valence-electron chi connectivity index (χ0n) is 14.7. The van der Waals surface area contributed by atoms with Gasteiger partial charge in [0.15, 0.2) is 11.5 Å². The van der Waals surface area contributed by atoms with Gasteiger partial charge in [-0.05, 0) is 40.2 Å². The van der Waals surface area contributed by atoms with Gasteiger partial charge in [0, 0.05) is 29.6 Å². The molecule has 2 atom stereocenters. The first-order chi connectivity index (χ1) is 11.8. The van der Waals surface area contributed by atoms with E-state index < -0.39 is 11.9 Å². The van der Waals surface area contributed by atoms with Gasteiger partial charge in [0.2, 0.25) is 5.89 Å². The number of rotatable bonds is 4. The van der Waals surface area contributed by atoms with Gasteiger partial charge in [0.25, 0.3) is 0 Å². The molecule has 0 fully saturated rings. The number of hydrogen-bond donors (Lipinski definition) is 1. The van der Waals surface area contributed by atoms with Crippen molar-refractivity contribution in [2.75, 3.05) is 7.05 Å². The molecule has 0 amide bonds. The Hall–Kier alpha value is -1.74. The van der Waals surface area contributed by atoms with E-state index in [9.17, 15) is 13.2 Å². The molecule has 0 aliphatic heterocycles. The smallest absolute Gasteiger partial charge is 0.339 e. The van der Waals surface area contributed by atoms with Crippen LogP contribution in [-0.4, -0.2) is 33.2 Å². The van der Waals surface area contributed by atoms with Crippen molar-refractivity contribution in [3.05, 3.63) is 34.5 Å². The molecule has 26 heavy (non-hydrogen) atoms. The summed E-state index contributed by atoms with van der Waals surface area (Å²) >= 11 is 0. The van der Waals surface area contributed by atoms with Gasteiger partial charge in [-0.25, -0.2) is 9.97 Å². The Morgan fingerprint density at radius 1 is 1.27 bits per heavy atom. The maximum absolute atomic E-state index is 13.3. The second kappa shape index (κ2) is 7.87. The molecule has 2 unspecified atom stereocenters. The van der Waals surface area contributed by atoms with Crippen molar-refractivity contribution >= 4 is 12.4 Å². The number of nitrogens with one attached hydrogen (secondary N) is 1. The lowest BCUT2D eigenvalue weighted by Gasteiger charge is -2.24. The van der Waals surface area contributed by atoms with Crippen LogP contribution in [0.2, 0.25) is 0 Å². The fraction of sp³-hybridized carbons (Fsp3) is 0.625. The molecule has 1 aliphatic carbocycles. The second-order valence-corrected chi connectivity index (χ2v) is 6.42. The standard InChI is InChI=1S/C16H20F3N5O.ClH/c1-8(20-3)6-13-23-15(25-24-13)10-4-5-12-11(7-10)14(16(17,18)19)22-9(2)21-12;/h8,10,20H,4-7H2,1-3H3;1H. The third kappa shape index (κ3) is 4.32. The predicted molar refractivity (Wildman–Crippen MR) is 90.3 cm³/mol. The molecule has 0 saturated carbocycles. The number of aryl methyl sites for hydroxylation is 2. The third-order valence-electron chi connectivity index (χ3n) is 4.47. The van der Waals surface area contributed by atoms with Crippen LogP contribution in [0.3, 0.4) is 0 Å². The van der Waals surface area contributed by atoms with Crippen LogP contribution in [0.5, 0.6) is 0 Å². The van der Waals surface area contributed by atoms with Crippen molar-refractivity contribution in [1.29, 1.82) is 0 Å². The van der Waals surface area contributed by atoms with Crippen LogP contribution in [0.25, 0.3) is 0 Å². The minimum atomic E-state index is -4.50. The molecule has 0 saturated heterocycles. The average molecular weight is 392 g/mol. The first-order valence-corrected chi connectivity index (χ1v) is 8.21. The molecule has 2 aromatic rings. The fourth-order valence-electron chi connectivity index (χ4n) is 3.07. The zero-order valence-corrected chi connectivity index (χ0v) is 15.5. The summed E-state index contributed by atoms with van der Waals surface area (Å²) in [4.78, 5) is 12.2. The molecule has 0 aromatic carbocycles. The van der Waals surface area contributed by atoms with E-state index in [1.165, 1.54) is 6.92 Å². The number of hydrogen-bond acceptors (Lipinski definition) is 6. The van der Waals surface area contributed by atoms with Crippen LogP contribution >= 0.6 is 12.4 Å². The van der Waals surface area contributed by atoms with E-state index in [4.69, 9.17) is 4.52 Å². The molecule has 3 rings (SSSR count). The van der Waals surface area contributed by atoms with Crippen LogP contribution < -0.4 is 5.32 Å². The number of likely N-dealkylation sites (N-methyl/N-ethyl adjacent to an activating group) is 1. The van der Waals surface area contributed by atoms with Crippen molar-refractivity contribution in [2.45, 2.75) is 57.7 Å². The Kier molecular flexibility index (Phi) is 6.23. The Balaban J connectivity index is 0.00000243. The summed E-state index contributed by atoms with van der Waals surface area (Å²) in [6.07, 6.45) is -2.67. The van der Waals surface area contributed by atoms with Gasteiger partial charge < -0.3 is 9.84 Å². The Bertz CT molecular complexity index is 765. The van der Waals surface area contributed by atoms with E-state index in [0.29, 0.717) is 36.7 Å². The van der Waals surface area contributed by atoms with Crippen molar-refractivity contribution in [3.8, 4) is 0 Å². The topological polar surface area (TPSA) is 76.7 Å². The van der Waals surface area contributed by atoms with Gasteiger partial charge >= 0.3 is 6.18 Å². The molecule has 0 bridgehead atoms. The van der Waals surface area contributed by atoms with Crippen LogP contribution in [0.15, 0.2) is 4.52 Å². The van der Waals surface area contributed by atoms with Gasteiger partial charge in [-0.1, -0.05) is 5.16 Å². The first kappa shape index (κ1) is 20.6. The normalized spacial score (nSPS) is 18.2. The van der Waals surface area contributed by atoms with Gasteiger partial charge in [0.1, 0.15) is 5.82 Å². The maximum Gasteiger partial charge on any atom is 0.433 e. The van der Waals surface area contributed by atoms with E-state index in [1.54, 1.807) is 0 Å². The molecular formula is C16H21ClF3N5O. The largest absolute Gasteiger partial charge is 0.433 e. The number of halogens is 4.